The highest BCUT2D eigenvalue weighted by Gasteiger charge is 2.31. The number of halogens is 1. The van der Waals surface area contributed by atoms with Gasteiger partial charge >= 0.3 is 0 Å². The fraction of sp³-hybridized carbons (Fsp3) is 0.261. The minimum atomic E-state index is 0.130. The van der Waals surface area contributed by atoms with Gasteiger partial charge < -0.3 is 4.90 Å². The Morgan fingerprint density at radius 3 is 2.64 bits per heavy atom. The number of ketones is 1. The molecule has 1 aliphatic carbocycles. The third-order valence-corrected chi connectivity index (χ3v) is 6.03. The smallest absolute Gasteiger partial charge is 0.230 e. The summed E-state index contributed by atoms with van der Waals surface area (Å²) in [6, 6.07) is 16.2. The Morgan fingerprint density at radius 2 is 1.82 bits per heavy atom. The Labute approximate surface area is 169 Å². The zero-order valence-corrected chi connectivity index (χ0v) is 16.4. The van der Waals surface area contributed by atoms with Crippen LogP contribution in [0.1, 0.15) is 45.2 Å². The SMILES string of the molecule is Cc1nc(N2CCc3ccccc32)nc2c1C(=O)C[C@@H](c1ccc(Cl)cc1)C2. The van der Waals surface area contributed by atoms with Gasteiger partial charge in [-0.15, -0.1) is 0 Å². The highest BCUT2D eigenvalue weighted by Crippen LogP contribution is 2.37. The predicted molar refractivity (Wildman–Crippen MR) is 111 cm³/mol. The van der Waals surface area contributed by atoms with E-state index in [9.17, 15) is 4.79 Å². The van der Waals surface area contributed by atoms with E-state index in [1.807, 2.05) is 37.3 Å². The van der Waals surface area contributed by atoms with Crippen molar-refractivity contribution in [1.82, 2.24) is 9.97 Å². The van der Waals surface area contributed by atoms with E-state index in [-0.39, 0.29) is 11.7 Å². The van der Waals surface area contributed by atoms with Crippen molar-refractivity contribution in [3.8, 4) is 0 Å². The number of nitrogens with zero attached hydrogens (tertiary/aromatic N) is 3. The van der Waals surface area contributed by atoms with Crippen molar-refractivity contribution in [1.29, 1.82) is 0 Å². The van der Waals surface area contributed by atoms with E-state index in [0.717, 1.165) is 36.3 Å². The van der Waals surface area contributed by atoms with E-state index in [4.69, 9.17) is 21.6 Å². The summed E-state index contributed by atoms with van der Waals surface area (Å²) in [6.45, 7) is 2.79. The Kier molecular flexibility index (Phi) is 4.17. The number of carbonyl (C=O) groups is 1. The third kappa shape index (κ3) is 2.89. The van der Waals surface area contributed by atoms with Crippen molar-refractivity contribution in [3.63, 3.8) is 0 Å². The van der Waals surface area contributed by atoms with Gasteiger partial charge in [-0.25, -0.2) is 9.97 Å². The normalized spacial score (nSPS) is 18.1. The average molecular weight is 390 g/mol. The molecule has 5 heteroatoms. The molecule has 2 heterocycles. The van der Waals surface area contributed by atoms with Crippen LogP contribution in [0.4, 0.5) is 11.6 Å². The summed E-state index contributed by atoms with van der Waals surface area (Å²) in [5, 5.41) is 0.708. The molecule has 0 fully saturated rings. The number of rotatable bonds is 2. The standard InChI is InChI=1S/C23H20ClN3O/c1-14-22-19(12-17(13-21(22)28)15-6-8-18(24)9-7-15)26-23(25-14)27-11-10-16-4-2-3-5-20(16)27/h2-9,17H,10-13H2,1H3/t17-/m0/s1. The number of aromatic nitrogens is 2. The molecule has 140 valence electrons. The maximum absolute atomic E-state index is 12.9. The summed E-state index contributed by atoms with van der Waals surface area (Å²) in [7, 11) is 0. The number of hydrogen-bond donors (Lipinski definition) is 0. The van der Waals surface area contributed by atoms with Crippen LogP contribution in [-0.2, 0) is 12.8 Å². The van der Waals surface area contributed by atoms with E-state index in [1.165, 1.54) is 11.3 Å². The molecule has 0 radical (unpaired) electrons. The molecule has 0 saturated heterocycles. The molecule has 2 aliphatic rings. The molecule has 1 aromatic heterocycles. The molecule has 28 heavy (non-hydrogen) atoms. The molecular weight excluding hydrogens is 370 g/mol. The van der Waals surface area contributed by atoms with Crippen molar-refractivity contribution in [2.45, 2.75) is 32.1 Å². The lowest BCUT2D eigenvalue weighted by Gasteiger charge is -2.26. The third-order valence-electron chi connectivity index (χ3n) is 5.77. The van der Waals surface area contributed by atoms with Crippen LogP contribution in [0.5, 0.6) is 0 Å². The van der Waals surface area contributed by atoms with Gasteiger partial charge in [0.25, 0.3) is 0 Å². The van der Waals surface area contributed by atoms with Crippen LogP contribution in [-0.4, -0.2) is 22.3 Å². The highest BCUT2D eigenvalue weighted by molar-refractivity contribution is 6.30. The van der Waals surface area contributed by atoms with Crippen LogP contribution in [0.3, 0.4) is 0 Å². The zero-order valence-electron chi connectivity index (χ0n) is 15.7. The summed E-state index contributed by atoms with van der Waals surface area (Å²) in [6.07, 6.45) is 2.22. The summed E-state index contributed by atoms with van der Waals surface area (Å²) in [4.78, 5) is 24.6. The maximum atomic E-state index is 12.9. The molecule has 0 amide bonds. The minimum absolute atomic E-state index is 0.130. The van der Waals surface area contributed by atoms with Crippen molar-refractivity contribution in [2.75, 3.05) is 11.4 Å². The van der Waals surface area contributed by atoms with Gasteiger partial charge in [-0.05, 0) is 55.0 Å². The van der Waals surface area contributed by atoms with Gasteiger partial charge in [-0.3, -0.25) is 4.79 Å². The number of fused-ring (bicyclic) bond motifs is 2. The largest absolute Gasteiger partial charge is 0.310 e. The van der Waals surface area contributed by atoms with Gasteiger partial charge in [-0.2, -0.15) is 0 Å². The van der Waals surface area contributed by atoms with Crippen molar-refractivity contribution < 1.29 is 4.79 Å². The van der Waals surface area contributed by atoms with E-state index >= 15 is 0 Å². The number of hydrogen-bond acceptors (Lipinski definition) is 4. The van der Waals surface area contributed by atoms with Gasteiger partial charge in [-0.1, -0.05) is 41.9 Å². The van der Waals surface area contributed by atoms with Gasteiger partial charge in [0.2, 0.25) is 5.95 Å². The maximum Gasteiger partial charge on any atom is 0.230 e. The number of Topliss-reactive ketones (excluding diaryl/α,β-unsaturated/α-hetero) is 1. The molecule has 1 aliphatic heterocycles. The van der Waals surface area contributed by atoms with Crippen LogP contribution in [0.15, 0.2) is 48.5 Å². The topological polar surface area (TPSA) is 46.1 Å². The van der Waals surface area contributed by atoms with Gasteiger partial charge in [0.05, 0.1) is 17.0 Å². The van der Waals surface area contributed by atoms with Crippen LogP contribution >= 0.6 is 11.6 Å². The van der Waals surface area contributed by atoms with E-state index in [0.29, 0.717) is 23.0 Å². The Hall–Kier alpha value is -2.72. The number of carbonyl (C=O) groups excluding carboxylic acids is 1. The Balaban J connectivity index is 1.53. The average Bonchev–Trinajstić information content (AvgIpc) is 3.12. The minimum Gasteiger partial charge on any atom is -0.310 e. The molecule has 0 N–H and O–H groups in total. The molecule has 4 nitrogen and oxygen atoms in total. The fourth-order valence-electron chi connectivity index (χ4n) is 4.40. The molecule has 2 aromatic carbocycles. The number of aryl methyl sites for hydroxylation is 1. The van der Waals surface area contributed by atoms with E-state index < -0.39 is 0 Å². The monoisotopic (exact) mass is 389 g/mol. The summed E-state index contributed by atoms with van der Waals surface area (Å²) < 4.78 is 0. The molecular formula is C23H20ClN3O. The first-order chi connectivity index (χ1) is 13.6. The van der Waals surface area contributed by atoms with Crippen molar-refractivity contribution in [2.24, 2.45) is 0 Å². The number of para-hydroxylation sites is 1. The lowest BCUT2D eigenvalue weighted by Crippen LogP contribution is -2.25. The summed E-state index contributed by atoms with van der Waals surface area (Å²) in [5.41, 5.74) is 5.97. The van der Waals surface area contributed by atoms with Gasteiger partial charge in [0.1, 0.15) is 0 Å². The van der Waals surface area contributed by atoms with Crippen molar-refractivity contribution in [3.05, 3.63) is 81.6 Å². The summed E-state index contributed by atoms with van der Waals surface area (Å²) in [5.74, 6) is 0.961. The number of anilines is 2. The first-order valence-electron chi connectivity index (χ1n) is 9.62. The number of benzene rings is 2. The molecule has 0 saturated carbocycles. The molecule has 1 atom stereocenters. The Bertz CT molecular complexity index is 1080. The first kappa shape index (κ1) is 17.4. The lowest BCUT2D eigenvalue weighted by molar-refractivity contribution is 0.0962. The van der Waals surface area contributed by atoms with Gasteiger partial charge in [0.15, 0.2) is 5.78 Å². The molecule has 5 rings (SSSR count). The lowest BCUT2D eigenvalue weighted by atomic mass is 9.81. The zero-order chi connectivity index (χ0) is 19.3. The molecule has 0 bridgehead atoms. The second-order valence-electron chi connectivity index (χ2n) is 7.54. The van der Waals surface area contributed by atoms with Crippen LogP contribution in [0.2, 0.25) is 5.02 Å². The second kappa shape index (κ2) is 6.71. The van der Waals surface area contributed by atoms with Crippen LogP contribution in [0.25, 0.3) is 0 Å². The fourth-order valence-corrected chi connectivity index (χ4v) is 4.52. The summed E-state index contributed by atoms with van der Waals surface area (Å²) >= 11 is 6.02. The van der Waals surface area contributed by atoms with Crippen LogP contribution in [0, 0.1) is 6.92 Å². The van der Waals surface area contributed by atoms with E-state index in [2.05, 4.69) is 23.1 Å². The van der Waals surface area contributed by atoms with E-state index in [1.54, 1.807) is 0 Å². The first-order valence-corrected chi connectivity index (χ1v) is 9.99. The molecule has 0 spiro atoms. The second-order valence-corrected chi connectivity index (χ2v) is 7.98. The quantitative estimate of drug-likeness (QED) is 0.615. The molecule has 3 aromatic rings. The van der Waals surface area contributed by atoms with Crippen molar-refractivity contribution >= 4 is 29.0 Å². The Morgan fingerprint density at radius 1 is 1.04 bits per heavy atom. The predicted octanol–water partition coefficient (Wildman–Crippen LogP) is 5.05. The van der Waals surface area contributed by atoms with Crippen LogP contribution < -0.4 is 4.90 Å². The molecule has 0 unspecified atom stereocenters. The highest BCUT2D eigenvalue weighted by atomic mass is 35.5. The van der Waals surface area contributed by atoms with Gasteiger partial charge in [0, 0.05) is 23.7 Å².